The second-order valence-electron chi connectivity index (χ2n) is 5.32. The van der Waals surface area contributed by atoms with Gasteiger partial charge in [0.2, 0.25) is 0 Å². The molecular weight excluding hydrogens is 226 g/mol. The van der Waals surface area contributed by atoms with Crippen molar-refractivity contribution in [2.75, 3.05) is 32.1 Å². The number of nitrogens with zero attached hydrogens (tertiary/aromatic N) is 3. The fraction of sp³-hybridized carbons (Fsp3) is 0.643. The summed E-state index contributed by atoms with van der Waals surface area (Å²) in [5, 5.41) is 9.44. The van der Waals surface area contributed by atoms with Crippen LogP contribution in [0.4, 0.5) is 5.69 Å². The molecule has 100 valence electrons. The van der Waals surface area contributed by atoms with E-state index in [1.807, 2.05) is 6.92 Å². The van der Waals surface area contributed by atoms with Crippen molar-refractivity contribution in [3.63, 3.8) is 0 Å². The van der Waals surface area contributed by atoms with E-state index in [0.29, 0.717) is 6.04 Å². The van der Waals surface area contributed by atoms with Crippen molar-refractivity contribution in [2.24, 2.45) is 0 Å². The van der Waals surface area contributed by atoms with E-state index in [4.69, 9.17) is 0 Å². The average Bonchev–Trinajstić information content (AvgIpc) is 2.39. The SMILES string of the molecule is Cc1cc(N2CCCC(N(C)C)C2)c(CO)cn1. The zero-order valence-electron chi connectivity index (χ0n) is 11.6. The number of aryl methyl sites for hydroxylation is 1. The first-order valence-electron chi connectivity index (χ1n) is 6.59. The summed E-state index contributed by atoms with van der Waals surface area (Å²) in [4.78, 5) is 8.94. The summed E-state index contributed by atoms with van der Waals surface area (Å²) >= 11 is 0. The predicted molar refractivity (Wildman–Crippen MR) is 73.8 cm³/mol. The van der Waals surface area contributed by atoms with Crippen molar-refractivity contribution in [1.29, 1.82) is 0 Å². The maximum atomic E-state index is 9.44. The average molecular weight is 249 g/mol. The second-order valence-corrected chi connectivity index (χ2v) is 5.32. The molecule has 0 radical (unpaired) electrons. The van der Waals surface area contributed by atoms with Gasteiger partial charge in [-0.25, -0.2) is 0 Å². The number of aromatic nitrogens is 1. The quantitative estimate of drug-likeness (QED) is 0.879. The molecule has 0 saturated carbocycles. The summed E-state index contributed by atoms with van der Waals surface area (Å²) in [6.07, 6.45) is 4.25. The predicted octanol–water partition coefficient (Wildman–Crippen LogP) is 1.41. The lowest BCUT2D eigenvalue weighted by Gasteiger charge is -2.38. The standard InChI is InChI=1S/C14H23N3O/c1-11-7-14(12(10-18)8-15-11)17-6-4-5-13(9-17)16(2)3/h7-8,13,18H,4-6,9-10H2,1-3H3. The lowest BCUT2D eigenvalue weighted by Crippen LogP contribution is -2.45. The Balaban J connectivity index is 2.22. The molecule has 0 aliphatic carbocycles. The number of pyridine rings is 1. The first kappa shape index (κ1) is 13.3. The van der Waals surface area contributed by atoms with Crippen LogP contribution in [0.1, 0.15) is 24.1 Å². The third-order valence-electron chi connectivity index (χ3n) is 3.74. The molecule has 1 saturated heterocycles. The maximum absolute atomic E-state index is 9.44. The fourth-order valence-corrected chi connectivity index (χ4v) is 2.58. The Kier molecular flexibility index (Phi) is 4.19. The summed E-state index contributed by atoms with van der Waals surface area (Å²) in [7, 11) is 4.28. The summed E-state index contributed by atoms with van der Waals surface area (Å²) in [5.74, 6) is 0. The van der Waals surface area contributed by atoms with Gasteiger partial charge in [-0.1, -0.05) is 0 Å². The van der Waals surface area contributed by atoms with E-state index in [1.54, 1.807) is 6.20 Å². The Bertz CT molecular complexity index is 406. The van der Waals surface area contributed by atoms with Gasteiger partial charge in [-0.15, -0.1) is 0 Å². The topological polar surface area (TPSA) is 39.6 Å². The first-order chi connectivity index (χ1) is 8.61. The summed E-state index contributed by atoms with van der Waals surface area (Å²) < 4.78 is 0. The fourth-order valence-electron chi connectivity index (χ4n) is 2.58. The van der Waals surface area contributed by atoms with E-state index in [-0.39, 0.29) is 6.61 Å². The molecule has 1 unspecified atom stereocenters. The van der Waals surface area contributed by atoms with Crippen LogP contribution in [0.15, 0.2) is 12.3 Å². The third-order valence-corrected chi connectivity index (χ3v) is 3.74. The van der Waals surface area contributed by atoms with Gasteiger partial charge < -0.3 is 14.9 Å². The smallest absolute Gasteiger partial charge is 0.0717 e. The number of aliphatic hydroxyl groups excluding tert-OH is 1. The Morgan fingerprint density at radius 2 is 2.28 bits per heavy atom. The van der Waals surface area contributed by atoms with E-state index in [1.165, 1.54) is 12.8 Å². The third kappa shape index (κ3) is 2.82. The highest BCUT2D eigenvalue weighted by Crippen LogP contribution is 2.25. The molecule has 18 heavy (non-hydrogen) atoms. The van der Waals surface area contributed by atoms with Gasteiger partial charge in [0, 0.05) is 42.3 Å². The number of anilines is 1. The van der Waals surface area contributed by atoms with Gasteiger partial charge in [0.05, 0.1) is 6.61 Å². The molecule has 1 aromatic heterocycles. The molecule has 4 nitrogen and oxygen atoms in total. The monoisotopic (exact) mass is 249 g/mol. The first-order valence-corrected chi connectivity index (χ1v) is 6.59. The molecule has 1 aliphatic rings. The van der Waals surface area contributed by atoms with E-state index in [9.17, 15) is 5.11 Å². The van der Waals surface area contributed by atoms with E-state index >= 15 is 0 Å². The zero-order chi connectivity index (χ0) is 13.1. The summed E-state index contributed by atoms with van der Waals surface area (Å²) in [6, 6.07) is 2.68. The normalized spacial score (nSPS) is 20.5. The number of piperidine rings is 1. The van der Waals surface area contributed by atoms with Crippen LogP contribution in [0.2, 0.25) is 0 Å². The highest BCUT2D eigenvalue weighted by molar-refractivity contribution is 5.53. The van der Waals surface area contributed by atoms with Crippen LogP contribution in [-0.2, 0) is 6.61 Å². The van der Waals surface area contributed by atoms with Crippen molar-refractivity contribution in [3.05, 3.63) is 23.5 Å². The molecular formula is C14H23N3O. The minimum atomic E-state index is 0.0613. The van der Waals surface area contributed by atoms with Gasteiger partial charge in [-0.2, -0.15) is 0 Å². The van der Waals surface area contributed by atoms with Crippen molar-refractivity contribution in [3.8, 4) is 0 Å². The van der Waals surface area contributed by atoms with E-state index < -0.39 is 0 Å². The maximum Gasteiger partial charge on any atom is 0.0717 e. The van der Waals surface area contributed by atoms with Gasteiger partial charge in [0.25, 0.3) is 0 Å². The Morgan fingerprint density at radius 3 is 2.94 bits per heavy atom. The molecule has 1 fully saturated rings. The van der Waals surface area contributed by atoms with Gasteiger partial charge in [0.1, 0.15) is 0 Å². The molecule has 0 spiro atoms. The Morgan fingerprint density at radius 1 is 1.50 bits per heavy atom. The van der Waals surface area contributed by atoms with Crippen LogP contribution < -0.4 is 4.90 Å². The van der Waals surface area contributed by atoms with Gasteiger partial charge in [-0.05, 0) is 39.9 Å². The number of hydrogen-bond donors (Lipinski definition) is 1. The molecule has 2 heterocycles. The Labute approximate surface area is 109 Å². The van der Waals surface area contributed by atoms with E-state index in [0.717, 1.165) is 30.0 Å². The summed E-state index contributed by atoms with van der Waals surface area (Å²) in [6.45, 7) is 4.16. The van der Waals surface area contributed by atoms with Crippen LogP contribution in [0.3, 0.4) is 0 Å². The van der Waals surface area contributed by atoms with Crippen LogP contribution in [-0.4, -0.2) is 48.2 Å². The van der Waals surface area contributed by atoms with Gasteiger partial charge in [0.15, 0.2) is 0 Å². The summed E-state index contributed by atoms with van der Waals surface area (Å²) in [5.41, 5.74) is 3.09. The van der Waals surface area contributed by atoms with Crippen LogP contribution in [0.5, 0.6) is 0 Å². The molecule has 0 amide bonds. The second kappa shape index (κ2) is 5.67. The van der Waals surface area contributed by atoms with Crippen molar-refractivity contribution in [2.45, 2.75) is 32.4 Å². The number of hydrogen-bond acceptors (Lipinski definition) is 4. The minimum Gasteiger partial charge on any atom is -0.392 e. The zero-order valence-corrected chi connectivity index (χ0v) is 11.6. The van der Waals surface area contributed by atoms with Crippen LogP contribution in [0.25, 0.3) is 0 Å². The minimum absolute atomic E-state index is 0.0613. The van der Waals surface area contributed by atoms with Crippen molar-refractivity contribution < 1.29 is 5.11 Å². The van der Waals surface area contributed by atoms with Gasteiger partial charge >= 0.3 is 0 Å². The highest BCUT2D eigenvalue weighted by Gasteiger charge is 2.23. The van der Waals surface area contributed by atoms with Crippen LogP contribution in [0, 0.1) is 6.92 Å². The molecule has 1 atom stereocenters. The highest BCUT2D eigenvalue weighted by atomic mass is 16.3. The molecule has 0 bridgehead atoms. The lowest BCUT2D eigenvalue weighted by molar-refractivity contribution is 0.256. The van der Waals surface area contributed by atoms with E-state index in [2.05, 4.69) is 34.9 Å². The molecule has 1 aliphatic heterocycles. The molecule has 4 heteroatoms. The largest absolute Gasteiger partial charge is 0.392 e. The van der Waals surface area contributed by atoms with Crippen molar-refractivity contribution >= 4 is 5.69 Å². The number of rotatable bonds is 3. The molecule has 0 aromatic carbocycles. The Hall–Kier alpha value is -1.13. The molecule has 2 rings (SSSR count). The molecule has 1 aromatic rings. The lowest BCUT2D eigenvalue weighted by atomic mass is 10.0. The van der Waals surface area contributed by atoms with Crippen molar-refractivity contribution in [1.82, 2.24) is 9.88 Å². The van der Waals surface area contributed by atoms with Gasteiger partial charge in [-0.3, -0.25) is 4.98 Å². The molecule has 1 N–H and O–H groups in total. The number of aliphatic hydroxyl groups is 1. The number of likely N-dealkylation sites (N-methyl/N-ethyl adjacent to an activating group) is 1. The van der Waals surface area contributed by atoms with Crippen LogP contribution >= 0.6 is 0 Å².